The zero-order chi connectivity index (χ0) is 19.6. The largest absolute Gasteiger partial charge is 0.341 e. The summed E-state index contributed by atoms with van der Waals surface area (Å²) in [5.74, 6) is 4.75. The molecule has 3 aromatic rings. The van der Waals surface area contributed by atoms with Crippen LogP contribution in [0.5, 0.6) is 0 Å². The summed E-state index contributed by atoms with van der Waals surface area (Å²) < 4.78 is 14.3. The Balaban J connectivity index is 1.88. The zero-order valence-electron chi connectivity index (χ0n) is 14.0. The number of carbonyl (C=O) groups is 2. The molecular weight excluding hydrogens is 393 g/mol. The lowest BCUT2D eigenvalue weighted by atomic mass is 10.2. The van der Waals surface area contributed by atoms with Crippen molar-refractivity contribution in [2.24, 2.45) is 0 Å². The molecule has 2 heterocycles. The summed E-state index contributed by atoms with van der Waals surface area (Å²) in [4.78, 5) is 40.4. The molecule has 3 rings (SSSR count). The van der Waals surface area contributed by atoms with Crippen molar-refractivity contribution in [1.29, 1.82) is 0 Å². The van der Waals surface area contributed by atoms with E-state index < -0.39 is 17.5 Å². The van der Waals surface area contributed by atoms with E-state index in [-0.39, 0.29) is 16.7 Å². The van der Waals surface area contributed by atoms with Gasteiger partial charge in [0.25, 0.3) is 5.56 Å². The number of thiophene rings is 1. The minimum atomic E-state index is -0.629. The molecule has 0 atom stereocenters. The zero-order valence-corrected chi connectivity index (χ0v) is 15.6. The number of nitrogens with two attached hydrogens (primary N) is 1. The maximum absolute atomic E-state index is 13.1. The molecule has 1 aromatic carbocycles. The Morgan fingerprint density at radius 1 is 1.33 bits per heavy atom. The van der Waals surface area contributed by atoms with E-state index in [4.69, 9.17) is 5.84 Å². The number of nitrogens with zero attached hydrogens (tertiary/aromatic N) is 2. The number of aromatic nitrogens is 2. The lowest BCUT2D eigenvalue weighted by Gasteiger charge is -2.06. The molecular formula is C16H14FN5O3S2. The molecule has 0 spiro atoms. The highest BCUT2D eigenvalue weighted by molar-refractivity contribution is 7.99. The molecule has 0 bridgehead atoms. The number of fused-ring (bicyclic) bond motifs is 1. The number of urea groups is 1. The summed E-state index contributed by atoms with van der Waals surface area (Å²) >= 11 is 2.14. The van der Waals surface area contributed by atoms with E-state index in [0.717, 1.165) is 26.9 Å². The number of benzene rings is 1. The molecule has 0 aliphatic carbocycles. The van der Waals surface area contributed by atoms with Crippen molar-refractivity contribution < 1.29 is 14.0 Å². The van der Waals surface area contributed by atoms with Crippen molar-refractivity contribution in [2.45, 2.75) is 5.16 Å². The van der Waals surface area contributed by atoms with Crippen LogP contribution in [0.4, 0.5) is 9.18 Å². The Labute approximate surface area is 160 Å². The molecule has 0 radical (unpaired) electrons. The van der Waals surface area contributed by atoms with E-state index in [9.17, 15) is 18.8 Å². The summed E-state index contributed by atoms with van der Waals surface area (Å²) in [5.41, 5.74) is 0.731. The number of rotatable bonds is 4. The summed E-state index contributed by atoms with van der Waals surface area (Å²) in [6.45, 7) is 0. The molecule has 3 amide bonds. The second-order valence-corrected chi connectivity index (χ2v) is 7.31. The van der Waals surface area contributed by atoms with Crippen molar-refractivity contribution in [2.75, 3.05) is 18.6 Å². The molecule has 0 aliphatic rings. The van der Waals surface area contributed by atoms with Crippen LogP contribution in [0, 0.1) is 5.82 Å². The number of halogens is 1. The van der Waals surface area contributed by atoms with Crippen molar-refractivity contribution >= 4 is 45.3 Å². The third-order valence-corrected chi connectivity index (χ3v) is 5.60. The van der Waals surface area contributed by atoms with Gasteiger partial charge in [-0.3, -0.25) is 14.9 Å². The van der Waals surface area contributed by atoms with Crippen LogP contribution in [0.2, 0.25) is 0 Å². The number of imide groups is 1. The van der Waals surface area contributed by atoms with Crippen molar-refractivity contribution in [3.8, 4) is 10.4 Å². The van der Waals surface area contributed by atoms with Gasteiger partial charge >= 0.3 is 6.03 Å². The van der Waals surface area contributed by atoms with Gasteiger partial charge in [-0.2, -0.15) is 0 Å². The van der Waals surface area contributed by atoms with Crippen LogP contribution in [0.25, 0.3) is 20.7 Å². The van der Waals surface area contributed by atoms with Crippen LogP contribution in [-0.4, -0.2) is 34.4 Å². The van der Waals surface area contributed by atoms with Crippen molar-refractivity contribution in [1.82, 2.24) is 20.3 Å². The number of nitrogen functional groups attached to an aromatic ring is 1. The van der Waals surface area contributed by atoms with Gasteiger partial charge in [0.05, 0.1) is 11.3 Å². The standard InChI is InChI=1S/C16H14FN5O3S2/c1-19-15(25)21-12(23)7-26-16-20-10-6-11(8-2-4-9(17)5-3-8)27-13(10)14(24)22(16)18/h2-6H,7,18H2,1H3,(H2,19,21,23,25). The van der Waals surface area contributed by atoms with Crippen LogP contribution in [0.3, 0.4) is 0 Å². The Morgan fingerprint density at radius 2 is 2.04 bits per heavy atom. The molecule has 0 unspecified atom stereocenters. The van der Waals surface area contributed by atoms with Crippen molar-refractivity contribution in [3.63, 3.8) is 0 Å². The lowest BCUT2D eigenvalue weighted by molar-refractivity contribution is -0.117. The average Bonchev–Trinajstić information content (AvgIpc) is 3.08. The number of nitrogens with one attached hydrogen (secondary N) is 2. The van der Waals surface area contributed by atoms with E-state index >= 15 is 0 Å². The van der Waals surface area contributed by atoms with Gasteiger partial charge in [0, 0.05) is 11.9 Å². The van der Waals surface area contributed by atoms with Gasteiger partial charge in [-0.25, -0.2) is 18.8 Å². The Morgan fingerprint density at radius 3 is 2.70 bits per heavy atom. The van der Waals surface area contributed by atoms with Gasteiger partial charge < -0.3 is 11.2 Å². The van der Waals surface area contributed by atoms with E-state index in [0.29, 0.717) is 10.2 Å². The van der Waals surface area contributed by atoms with Crippen LogP contribution >= 0.6 is 23.1 Å². The minimum Gasteiger partial charge on any atom is -0.341 e. The van der Waals surface area contributed by atoms with Crippen LogP contribution in [0.15, 0.2) is 40.3 Å². The van der Waals surface area contributed by atoms with Gasteiger partial charge in [-0.1, -0.05) is 23.9 Å². The number of thioether (sulfide) groups is 1. The number of amides is 3. The number of hydrogen-bond donors (Lipinski definition) is 3. The predicted octanol–water partition coefficient (Wildman–Crippen LogP) is 1.53. The molecule has 8 nitrogen and oxygen atoms in total. The van der Waals surface area contributed by atoms with E-state index in [2.05, 4.69) is 15.6 Å². The summed E-state index contributed by atoms with van der Waals surface area (Å²) in [7, 11) is 1.39. The second-order valence-electron chi connectivity index (χ2n) is 5.32. The molecule has 0 aliphatic heterocycles. The fourth-order valence-electron chi connectivity index (χ4n) is 2.18. The van der Waals surface area contributed by atoms with E-state index in [1.165, 1.54) is 30.5 Å². The first-order valence-corrected chi connectivity index (χ1v) is 9.41. The first-order chi connectivity index (χ1) is 12.9. The Kier molecular flexibility index (Phi) is 5.42. The normalized spacial score (nSPS) is 10.7. The van der Waals surface area contributed by atoms with E-state index in [1.54, 1.807) is 18.2 Å². The lowest BCUT2D eigenvalue weighted by Crippen LogP contribution is -2.38. The first kappa shape index (κ1) is 18.9. The number of carbonyl (C=O) groups excluding carboxylic acids is 2. The molecule has 140 valence electrons. The Bertz CT molecular complexity index is 1080. The molecule has 0 fully saturated rings. The highest BCUT2D eigenvalue weighted by Crippen LogP contribution is 2.31. The SMILES string of the molecule is CNC(=O)NC(=O)CSc1nc2cc(-c3ccc(F)cc3)sc2c(=O)n1N. The van der Waals surface area contributed by atoms with Gasteiger partial charge in [0.2, 0.25) is 5.91 Å². The highest BCUT2D eigenvalue weighted by atomic mass is 32.2. The molecule has 0 saturated heterocycles. The van der Waals surface area contributed by atoms with Crippen LogP contribution < -0.4 is 22.0 Å². The third kappa shape index (κ3) is 4.09. The monoisotopic (exact) mass is 407 g/mol. The van der Waals surface area contributed by atoms with Gasteiger partial charge in [0.15, 0.2) is 5.16 Å². The van der Waals surface area contributed by atoms with Crippen LogP contribution in [-0.2, 0) is 4.79 Å². The molecule has 0 saturated carbocycles. The van der Waals surface area contributed by atoms with Gasteiger partial charge in [-0.05, 0) is 23.8 Å². The topological polar surface area (TPSA) is 119 Å². The predicted molar refractivity (Wildman–Crippen MR) is 103 cm³/mol. The highest BCUT2D eigenvalue weighted by Gasteiger charge is 2.15. The quantitative estimate of drug-likeness (QED) is 0.343. The summed E-state index contributed by atoms with van der Waals surface area (Å²) in [6, 6.07) is 6.97. The Hall–Kier alpha value is -2.92. The maximum atomic E-state index is 13.1. The summed E-state index contributed by atoms with van der Waals surface area (Å²) in [6.07, 6.45) is 0. The third-order valence-electron chi connectivity index (χ3n) is 3.49. The smallest absolute Gasteiger partial charge is 0.321 e. The van der Waals surface area contributed by atoms with E-state index in [1.807, 2.05) is 0 Å². The fraction of sp³-hybridized carbons (Fsp3) is 0.125. The number of hydrogen-bond acceptors (Lipinski definition) is 7. The van der Waals surface area contributed by atoms with Crippen LogP contribution in [0.1, 0.15) is 0 Å². The second kappa shape index (κ2) is 7.76. The molecule has 4 N–H and O–H groups in total. The minimum absolute atomic E-state index is 0.141. The van der Waals surface area contributed by atoms with Gasteiger partial charge in [-0.15, -0.1) is 11.3 Å². The van der Waals surface area contributed by atoms with Crippen molar-refractivity contribution in [3.05, 3.63) is 46.5 Å². The maximum Gasteiger partial charge on any atom is 0.321 e. The fourth-order valence-corrected chi connectivity index (χ4v) is 3.94. The molecule has 11 heteroatoms. The molecule has 27 heavy (non-hydrogen) atoms. The molecule has 2 aromatic heterocycles. The van der Waals surface area contributed by atoms with Gasteiger partial charge in [0.1, 0.15) is 10.5 Å². The average molecular weight is 407 g/mol. The first-order valence-electron chi connectivity index (χ1n) is 7.61. The summed E-state index contributed by atoms with van der Waals surface area (Å²) in [5, 5.41) is 4.51.